The zero-order valence-electron chi connectivity index (χ0n) is 16.0. The summed E-state index contributed by atoms with van der Waals surface area (Å²) >= 11 is 0. The number of phenols is 1. The summed E-state index contributed by atoms with van der Waals surface area (Å²) in [6, 6.07) is 6.48. The highest BCUT2D eigenvalue weighted by Gasteiger charge is 2.16. The molecule has 146 valence electrons. The average molecular weight is 383 g/mol. The number of aromatic hydroxyl groups is 1. The lowest BCUT2D eigenvalue weighted by atomic mass is 10.1. The van der Waals surface area contributed by atoms with Gasteiger partial charge in [0.05, 0.1) is 28.4 Å². The molecule has 0 spiro atoms. The second-order valence-corrected chi connectivity index (χ2v) is 5.93. The number of ether oxygens (including phenoxy) is 4. The molecule has 3 aromatic rings. The summed E-state index contributed by atoms with van der Waals surface area (Å²) in [5.41, 5.74) is 1.94. The maximum absolute atomic E-state index is 12.7. The number of H-pyrrole nitrogens is 1. The highest BCUT2D eigenvalue weighted by atomic mass is 16.5. The standard InChI is InChI=1S/C21H21NO6/c1-25-18-10-15-14(9-17(18)24)12(11-22-15)5-6-16(23)13-7-19(26-2)21(28-4)20(8-13)27-3/h5-11,22,24H,1-4H3. The number of rotatable bonds is 7. The van der Waals surface area contributed by atoms with E-state index in [0.29, 0.717) is 28.6 Å². The van der Waals surface area contributed by atoms with Gasteiger partial charge in [-0.1, -0.05) is 0 Å². The van der Waals surface area contributed by atoms with Crippen LogP contribution < -0.4 is 18.9 Å². The maximum atomic E-state index is 12.7. The summed E-state index contributed by atoms with van der Waals surface area (Å²) in [6.07, 6.45) is 4.88. The van der Waals surface area contributed by atoms with E-state index in [1.165, 1.54) is 34.5 Å². The predicted molar refractivity (Wildman–Crippen MR) is 106 cm³/mol. The minimum atomic E-state index is -0.230. The lowest BCUT2D eigenvalue weighted by molar-refractivity contribution is 0.104. The van der Waals surface area contributed by atoms with Crippen LogP contribution in [0.3, 0.4) is 0 Å². The predicted octanol–water partition coefficient (Wildman–Crippen LogP) is 3.80. The van der Waals surface area contributed by atoms with Gasteiger partial charge in [0.1, 0.15) is 0 Å². The van der Waals surface area contributed by atoms with E-state index in [2.05, 4.69) is 4.98 Å². The number of phenolic OH excluding ortho intramolecular Hbond substituents is 1. The Morgan fingerprint density at radius 2 is 1.57 bits per heavy atom. The smallest absolute Gasteiger partial charge is 0.203 e. The number of aromatic amines is 1. The van der Waals surface area contributed by atoms with E-state index in [0.717, 1.165) is 16.5 Å². The minimum Gasteiger partial charge on any atom is -0.504 e. The van der Waals surface area contributed by atoms with Crippen molar-refractivity contribution in [2.24, 2.45) is 0 Å². The molecule has 0 bridgehead atoms. The number of carbonyl (C=O) groups is 1. The van der Waals surface area contributed by atoms with Crippen LogP contribution in [-0.2, 0) is 0 Å². The molecule has 3 rings (SSSR count). The van der Waals surface area contributed by atoms with E-state index in [-0.39, 0.29) is 11.5 Å². The number of hydrogen-bond donors (Lipinski definition) is 2. The Morgan fingerprint density at radius 3 is 2.14 bits per heavy atom. The summed E-state index contributed by atoms with van der Waals surface area (Å²) < 4.78 is 21.0. The van der Waals surface area contributed by atoms with Crippen LogP contribution in [0.5, 0.6) is 28.7 Å². The van der Waals surface area contributed by atoms with Crippen molar-refractivity contribution in [1.29, 1.82) is 0 Å². The van der Waals surface area contributed by atoms with Gasteiger partial charge in [0.2, 0.25) is 5.75 Å². The van der Waals surface area contributed by atoms with Crippen LogP contribution in [0.4, 0.5) is 0 Å². The second kappa shape index (κ2) is 7.96. The van der Waals surface area contributed by atoms with Gasteiger partial charge in [0, 0.05) is 34.3 Å². The molecule has 0 aliphatic carbocycles. The molecule has 28 heavy (non-hydrogen) atoms. The maximum Gasteiger partial charge on any atom is 0.203 e. The van der Waals surface area contributed by atoms with Crippen molar-refractivity contribution in [2.45, 2.75) is 0 Å². The van der Waals surface area contributed by atoms with Gasteiger partial charge < -0.3 is 29.0 Å². The lowest BCUT2D eigenvalue weighted by Gasteiger charge is -2.13. The number of ketones is 1. The van der Waals surface area contributed by atoms with Crippen LogP contribution in [0.15, 0.2) is 36.5 Å². The number of nitrogens with one attached hydrogen (secondary N) is 1. The van der Waals surface area contributed by atoms with Crippen molar-refractivity contribution >= 4 is 22.8 Å². The molecule has 2 aromatic carbocycles. The molecule has 0 aliphatic heterocycles. The van der Waals surface area contributed by atoms with Gasteiger partial charge in [-0.3, -0.25) is 4.79 Å². The summed E-state index contributed by atoms with van der Waals surface area (Å²) in [7, 11) is 5.98. The fourth-order valence-corrected chi connectivity index (χ4v) is 2.95. The Morgan fingerprint density at radius 1 is 0.929 bits per heavy atom. The Labute approximate surface area is 162 Å². The number of benzene rings is 2. The molecule has 0 aliphatic rings. The average Bonchev–Trinajstić information content (AvgIpc) is 3.11. The number of aromatic nitrogens is 1. The first-order chi connectivity index (χ1) is 13.5. The number of allylic oxidation sites excluding steroid dienone is 1. The molecular weight excluding hydrogens is 362 g/mol. The molecule has 0 atom stereocenters. The molecular formula is C21H21NO6. The molecule has 0 radical (unpaired) electrons. The third kappa shape index (κ3) is 3.46. The monoisotopic (exact) mass is 383 g/mol. The fourth-order valence-electron chi connectivity index (χ4n) is 2.95. The first-order valence-corrected chi connectivity index (χ1v) is 8.42. The Kier molecular flexibility index (Phi) is 5.44. The molecule has 0 saturated carbocycles. The van der Waals surface area contributed by atoms with E-state index in [4.69, 9.17) is 18.9 Å². The zero-order valence-corrected chi connectivity index (χ0v) is 16.0. The SMILES string of the molecule is COc1cc2[nH]cc(C=CC(=O)c3cc(OC)c(OC)c(OC)c3)c2cc1O. The van der Waals surface area contributed by atoms with Gasteiger partial charge in [-0.2, -0.15) is 0 Å². The minimum absolute atomic E-state index is 0.0280. The summed E-state index contributed by atoms with van der Waals surface area (Å²) in [5.74, 6) is 1.40. The normalized spacial score (nSPS) is 11.0. The zero-order chi connectivity index (χ0) is 20.3. The first kappa shape index (κ1) is 19.2. The summed E-state index contributed by atoms with van der Waals surface area (Å²) in [6.45, 7) is 0. The van der Waals surface area contributed by atoms with E-state index in [1.807, 2.05) is 0 Å². The van der Waals surface area contributed by atoms with E-state index >= 15 is 0 Å². The van der Waals surface area contributed by atoms with Crippen LogP contribution in [0, 0.1) is 0 Å². The molecule has 7 heteroatoms. The van der Waals surface area contributed by atoms with Gasteiger partial charge in [-0.15, -0.1) is 0 Å². The fraction of sp³-hybridized carbons (Fsp3) is 0.190. The van der Waals surface area contributed by atoms with Crippen molar-refractivity contribution in [3.63, 3.8) is 0 Å². The first-order valence-electron chi connectivity index (χ1n) is 8.42. The third-order valence-electron chi connectivity index (χ3n) is 4.38. The highest BCUT2D eigenvalue weighted by molar-refractivity contribution is 6.08. The van der Waals surface area contributed by atoms with Gasteiger partial charge in [-0.05, 0) is 30.4 Å². The number of hydrogen-bond acceptors (Lipinski definition) is 6. The van der Waals surface area contributed by atoms with Gasteiger partial charge in [0.15, 0.2) is 28.8 Å². The van der Waals surface area contributed by atoms with Crippen molar-refractivity contribution in [2.75, 3.05) is 28.4 Å². The van der Waals surface area contributed by atoms with Gasteiger partial charge in [0.25, 0.3) is 0 Å². The quantitative estimate of drug-likeness (QED) is 0.476. The van der Waals surface area contributed by atoms with Crippen LogP contribution in [-0.4, -0.2) is 44.3 Å². The molecule has 2 N–H and O–H groups in total. The van der Waals surface area contributed by atoms with Crippen molar-refractivity contribution in [3.8, 4) is 28.7 Å². The molecule has 1 heterocycles. The molecule has 0 unspecified atom stereocenters. The second-order valence-electron chi connectivity index (χ2n) is 5.93. The highest BCUT2D eigenvalue weighted by Crippen LogP contribution is 2.38. The molecule has 0 saturated heterocycles. The number of methoxy groups -OCH3 is 4. The van der Waals surface area contributed by atoms with Gasteiger partial charge >= 0.3 is 0 Å². The number of carbonyl (C=O) groups excluding carboxylic acids is 1. The van der Waals surface area contributed by atoms with Crippen molar-refractivity contribution < 1.29 is 28.8 Å². The van der Waals surface area contributed by atoms with E-state index in [9.17, 15) is 9.90 Å². The van der Waals surface area contributed by atoms with E-state index < -0.39 is 0 Å². The Hall–Kier alpha value is -3.61. The van der Waals surface area contributed by atoms with Crippen LogP contribution >= 0.6 is 0 Å². The van der Waals surface area contributed by atoms with Gasteiger partial charge in [-0.25, -0.2) is 0 Å². The van der Waals surface area contributed by atoms with Crippen LogP contribution in [0.2, 0.25) is 0 Å². The molecule has 7 nitrogen and oxygen atoms in total. The van der Waals surface area contributed by atoms with Crippen LogP contribution in [0.25, 0.3) is 17.0 Å². The summed E-state index contributed by atoms with van der Waals surface area (Å²) in [4.78, 5) is 15.8. The largest absolute Gasteiger partial charge is 0.504 e. The Bertz CT molecular complexity index is 1030. The number of fused-ring (bicyclic) bond motifs is 1. The Balaban J connectivity index is 1.94. The van der Waals surface area contributed by atoms with Crippen molar-refractivity contribution in [3.05, 3.63) is 47.7 Å². The molecule has 0 fully saturated rings. The topological polar surface area (TPSA) is 90.0 Å². The summed E-state index contributed by atoms with van der Waals surface area (Å²) in [5, 5.41) is 10.8. The van der Waals surface area contributed by atoms with E-state index in [1.54, 1.807) is 36.5 Å². The molecule has 0 amide bonds. The van der Waals surface area contributed by atoms with Crippen molar-refractivity contribution in [1.82, 2.24) is 4.98 Å². The molecule has 1 aromatic heterocycles. The lowest BCUT2D eigenvalue weighted by Crippen LogP contribution is -2.00. The third-order valence-corrected chi connectivity index (χ3v) is 4.38. The van der Waals surface area contributed by atoms with Crippen LogP contribution in [0.1, 0.15) is 15.9 Å².